The topological polar surface area (TPSA) is 57.2 Å². The van der Waals surface area contributed by atoms with E-state index in [1.807, 2.05) is 0 Å². The average Bonchev–Trinajstić information content (AvgIpc) is 2.95. The van der Waals surface area contributed by atoms with Crippen molar-refractivity contribution in [2.75, 3.05) is 38.1 Å². The van der Waals surface area contributed by atoms with Gasteiger partial charge in [-0.2, -0.15) is 0 Å². The van der Waals surface area contributed by atoms with Gasteiger partial charge in [-0.25, -0.2) is 14.2 Å². The predicted octanol–water partition coefficient (Wildman–Crippen LogP) is 4.11. The first-order valence-corrected chi connectivity index (χ1v) is 9.79. The largest absolute Gasteiger partial charge is 0.450 e. The van der Waals surface area contributed by atoms with E-state index in [0.29, 0.717) is 38.5 Å². The number of anilines is 2. The lowest BCUT2D eigenvalue weighted by molar-refractivity contribution is 0.0921. The Morgan fingerprint density at radius 3 is 2.81 bits per heavy atom. The van der Waals surface area contributed by atoms with E-state index < -0.39 is 0 Å². The lowest BCUT2D eigenvalue weighted by Gasteiger charge is -2.35. The predicted molar refractivity (Wildman–Crippen MR) is 105 cm³/mol. The molecule has 1 fully saturated rings. The number of fused-ring (bicyclic) bond motifs is 2. The highest BCUT2D eigenvalue weighted by molar-refractivity contribution is 7.16. The lowest BCUT2D eigenvalue weighted by atomic mass is 10.2. The van der Waals surface area contributed by atoms with Crippen LogP contribution < -0.4 is 5.32 Å². The van der Waals surface area contributed by atoms with Crippen molar-refractivity contribution >= 4 is 39.6 Å². The van der Waals surface area contributed by atoms with E-state index in [1.54, 1.807) is 29.2 Å². The van der Waals surface area contributed by atoms with Crippen molar-refractivity contribution in [2.45, 2.75) is 13.8 Å². The first-order valence-electron chi connectivity index (χ1n) is 8.98. The van der Waals surface area contributed by atoms with Gasteiger partial charge in [0.15, 0.2) is 0 Å². The third kappa shape index (κ3) is 3.49. The summed E-state index contributed by atoms with van der Waals surface area (Å²) < 4.78 is 18.9. The Morgan fingerprint density at radius 2 is 2.07 bits per heavy atom. The second kappa shape index (κ2) is 7.19. The van der Waals surface area contributed by atoms with Crippen molar-refractivity contribution in [3.63, 3.8) is 0 Å². The van der Waals surface area contributed by atoms with Crippen LogP contribution in [0.4, 0.5) is 25.6 Å². The van der Waals surface area contributed by atoms with Crippen LogP contribution in [0.2, 0.25) is 0 Å². The fourth-order valence-electron chi connectivity index (χ4n) is 3.33. The van der Waals surface area contributed by atoms with Crippen molar-refractivity contribution in [1.29, 1.82) is 0 Å². The molecule has 3 heterocycles. The number of hydrogen-bond acceptors (Lipinski definition) is 6. The zero-order chi connectivity index (χ0) is 19.0. The van der Waals surface area contributed by atoms with Crippen LogP contribution >= 0.6 is 11.3 Å². The fraction of sp³-hybridized carbons (Fsp3) is 0.368. The molecule has 1 amide bonds. The van der Waals surface area contributed by atoms with Crippen LogP contribution in [0.15, 0.2) is 29.3 Å². The molecule has 0 spiro atoms. The van der Waals surface area contributed by atoms with Gasteiger partial charge in [0.2, 0.25) is 0 Å². The van der Waals surface area contributed by atoms with Crippen molar-refractivity contribution in [3.8, 4) is 0 Å². The van der Waals surface area contributed by atoms with Crippen LogP contribution in [-0.4, -0.2) is 54.5 Å². The summed E-state index contributed by atoms with van der Waals surface area (Å²) in [7, 11) is 0. The van der Waals surface area contributed by atoms with Gasteiger partial charge in [0.1, 0.15) is 16.7 Å². The van der Waals surface area contributed by atoms with Gasteiger partial charge in [-0.15, -0.1) is 11.3 Å². The summed E-state index contributed by atoms with van der Waals surface area (Å²) in [5.41, 5.74) is 2.39. The van der Waals surface area contributed by atoms with Crippen molar-refractivity contribution in [3.05, 3.63) is 40.5 Å². The summed E-state index contributed by atoms with van der Waals surface area (Å²) in [5.74, 6) is 0.502. The molecule has 2 aliphatic heterocycles. The van der Waals surface area contributed by atoms with Crippen LogP contribution in [0.1, 0.15) is 17.4 Å². The van der Waals surface area contributed by atoms with Crippen LogP contribution in [0.5, 0.6) is 0 Å². The number of ether oxygens (including phenoxy) is 1. The third-order valence-electron chi connectivity index (χ3n) is 4.64. The Bertz CT molecular complexity index is 903. The molecule has 1 aromatic carbocycles. The highest BCUT2D eigenvalue weighted by atomic mass is 32.1. The number of thiophene rings is 1. The maximum atomic E-state index is 13.8. The smallest absolute Gasteiger partial charge is 0.409 e. The molecule has 2 aliphatic rings. The summed E-state index contributed by atoms with van der Waals surface area (Å²) in [4.78, 5) is 21.8. The molecule has 1 aromatic heterocycles. The van der Waals surface area contributed by atoms with Gasteiger partial charge in [-0.3, -0.25) is 0 Å². The van der Waals surface area contributed by atoms with Gasteiger partial charge in [0.25, 0.3) is 0 Å². The van der Waals surface area contributed by atoms with Crippen LogP contribution in [-0.2, 0) is 4.74 Å². The number of halogens is 1. The van der Waals surface area contributed by atoms with Crippen molar-refractivity contribution in [1.82, 2.24) is 9.80 Å². The molecule has 0 saturated carbocycles. The number of benzene rings is 1. The average molecular weight is 388 g/mol. The molecule has 2 aromatic rings. The van der Waals surface area contributed by atoms with Gasteiger partial charge in [0, 0.05) is 37.1 Å². The molecule has 6 nitrogen and oxygen atoms in total. The minimum absolute atomic E-state index is 0.277. The van der Waals surface area contributed by atoms with Gasteiger partial charge >= 0.3 is 6.09 Å². The quantitative estimate of drug-likeness (QED) is 0.799. The van der Waals surface area contributed by atoms with E-state index in [9.17, 15) is 9.18 Å². The molecule has 0 atom stereocenters. The Balaban J connectivity index is 1.65. The van der Waals surface area contributed by atoms with E-state index in [2.05, 4.69) is 23.2 Å². The minimum atomic E-state index is -0.313. The van der Waals surface area contributed by atoms with E-state index in [4.69, 9.17) is 9.73 Å². The van der Waals surface area contributed by atoms with Gasteiger partial charge in [0.05, 0.1) is 23.5 Å². The molecule has 142 valence electrons. The molecule has 8 heteroatoms. The number of amides is 1. The summed E-state index contributed by atoms with van der Waals surface area (Å²) in [5, 5.41) is 4.39. The van der Waals surface area contributed by atoms with E-state index in [0.717, 1.165) is 22.1 Å². The molecular formula is C19H21FN4O2S. The maximum Gasteiger partial charge on any atom is 0.409 e. The number of aryl methyl sites for hydroxylation is 1. The number of hydrogen-bond donors (Lipinski definition) is 1. The van der Waals surface area contributed by atoms with E-state index in [-0.39, 0.29) is 11.9 Å². The molecular weight excluding hydrogens is 367 g/mol. The van der Waals surface area contributed by atoms with Gasteiger partial charge in [-0.05, 0) is 32.0 Å². The second-order valence-electron chi connectivity index (χ2n) is 6.49. The molecule has 27 heavy (non-hydrogen) atoms. The third-order valence-corrected chi connectivity index (χ3v) is 5.60. The first kappa shape index (κ1) is 17.8. The van der Waals surface area contributed by atoms with Crippen LogP contribution in [0, 0.1) is 12.7 Å². The van der Waals surface area contributed by atoms with Gasteiger partial charge < -0.3 is 19.9 Å². The fourth-order valence-corrected chi connectivity index (χ4v) is 4.25. The number of nitrogens with one attached hydrogen (secondary N) is 1. The molecule has 4 rings (SSSR count). The number of amidine groups is 1. The Kier molecular flexibility index (Phi) is 4.73. The maximum absolute atomic E-state index is 13.8. The normalized spacial score (nSPS) is 16.0. The number of piperazine rings is 1. The number of carbonyl (C=O) groups excluding carboxylic acids is 1. The number of nitrogens with zero attached hydrogens (tertiary/aromatic N) is 3. The molecule has 0 unspecified atom stereocenters. The Labute approximate surface area is 161 Å². The summed E-state index contributed by atoms with van der Waals surface area (Å²) in [6.45, 7) is 6.67. The second-order valence-corrected chi connectivity index (χ2v) is 7.75. The highest BCUT2D eigenvalue weighted by Gasteiger charge is 2.28. The first-order chi connectivity index (χ1) is 13.0. The Hall–Kier alpha value is -2.61. The summed E-state index contributed by atoms with van der Waals surface area (Å²) in [6, 6.07) is 6.70. The molecule has 0 aliphatic carbocycles. The summed E-state index contributed by atoms with van der Waals surface area (Å²) >= 11 is 1.65. The zero-order valence-electron chi connectivity index (χ0n) is 15.3. The monoisotopic (exact) mass is 388 g/mol. The number of carbonyl (C=O) groups is 1. The molecule has 0 radical (unpaired) electrons. The molecule has 1 N–H and O–H groups in total. The SMILES string of the molecule is CCOC(=O)N1CCN(C2=Nc3cc(F)ccc3Nc3sc(C)cc32)CC1. The van der Waals surface area contributed by atoms with Crippen molar-refractivity contribution < 1.29 is 13.9 Å². The number of rotatable bonds is 1. The van der Waals surface area contributed by atoms with E-state index in [1.165, 1.54) is 17.0 Å². The number of aliphatic imine (C=N–C) groups is 1. The summed E-state index contributed by atoms with van der Waals surface area (Å²) in [6.07, 6.45) is -0.277. The lowest BCUT2D eigenvalue weighted by Crippen LogP contribution is -2.50. The molecule has 0 bridgehead atoms. The molecule has 1 saturated heterocycles. The van der Waals surface area contributed by atoms with E-state index >= 15 is 0 Å². The van der Waals surface area contributed by atoms with Crippen LogP contribution in [0.3, 0.4) is 0 Å². The van der Waals surface area contributed by atoms with Crippen LogP contribution in [0.25, 0.3) is 0 Å². The zero-order valence-corrected chi connectivity index (χ0v) is 16.1. The minimum Gasteiger partial charge on any atom is -0.450 e. The van der Waals surface area contributed by atoms with Gasteiger partial charge in [-0.1, -0.05) is 0 Å². The Morgan fingerprint density at radius 1 is 1.30 bits per heavy atom. The van der Waals surface area contributed by atoms with Crippen molar-refractivity contribution in [2.24, 2.45) is 4.99 Å². The standard InChI is InChI=1S/C19H21FN4O2S/c1-3-26-19(25)24-8-6-23(7-9-24)17-14-10-12(2)27-18(14)22-15-5-4-13(20)11-16(15)21-17/h4-5,10-11,22H,3,6-9H2,1-2H3. The highest BCUT2D eigenvalue weighted by Crippen LogP contribution is 2.39.